The number of carbonyl (C=O) groups is 1. The van der Waals surface area contributed by atoms with Gasteiger partial charge in [0.15, 0.2) is 11.0 Å². The molecule has 0 saturated heterocycles. The maximum absolute atomic E-state index is 14.2. The Bertz CT molecular complexity index is 1000. The van der Waals surface area contributed by atoms with Crippen molar-refractivity contribution >= 4 is 17.7 Å². The Morgan fingerprint density at radius 1 is 1.18 bits per heavy atom. The molecule has 0 unspecified atom stereocenters. The van der Waals surface area contributed by atoms with Crippen molar-refractivity contribution in [2.24, 2.45) is 0 Å². The summed E-state index contributed by atoms with van der Waals surface area (Å²) < 4.78 is 16.2. The minimum absolute atomic E-state index is 0.0639. The van der Waals surface area contributed by atoms with E-state index in [4.69, 9.17) is 0 Å². The van der Waals surface area contributed by atoms with E-state index in [-0.39, 0.29) is 23.5 Å². The minimum Gasteiger partial charge on any atom is -0.351 e. The Hall–Kier alpha value is -2.67. The van der Waals surface area contributed by atoms with Gasteiger partial charge < -0.3 is 5.32 Å². The number of nitrogens with one attached hydrogen (secondary N) is 1. The normalized spacial score (nSPS) is 13.5. The van der Waals surface area contributed by atoms with E-state index in [2.05, 4.69) is 15.5 Å². The van der Waals surface area contributed by atoms with Crippen LogP contribution in [0.15, 0.2) is 53.7 Å². The Balaban J connectivity index is 1.43. The highest BCUT2D eigenvalue weighted by atomic mass is 32.2. The van der Waals surface area contributed by atoms with Gasteiger partial charge in [-0.3, -0.25) is 9.36 Å². The zero-order valence-electron chi connectivity index (χ0n) is 15.6. The molecule has 0 atom stereocenters. The number of hydrogen-bond acceptors (Lipinski definition) is 4. The summed E-state index contributed by atoms with van der Waals surface area (Å²) in [5.74, 6) is 0.396. The van der Waals surface area contributed by atoms with Gasteiger partial charge >= 0.3 is 0 Å². The zero-order chi connectivity index (χ0) is 19.5. The first-order valence-corrected chi connectivity index (χ1v) is 10.3. The number of aromatic nitrogens is 3. The molecule has 4 rings (SSSR count). The third-order valence-corrected chi connectivity index (χ3v) is 5.70. The molecule has 1 saturated carbocycles. The molecule has 5 nitrogen and oxygen atoms in total. The topological polar surface area (TPSA) is 59.8 Å². The second kappa shape index (κ2) is 8.14. The van der Waals surface area contributed by atoms with Crippen LogP contribution in [-0.2, 0) is 11.3 Å². The average Bonchev–Trinajstić information content (AvgIpc) is 3.45. The summed E-state index contributed by atoms with van der Waals surface area (Å²) in [5, 5.41) is 12.0. The van der Waals surface area contributed by atoms with Gasteiger partial charge in [-0.2, -0.15) is 0 Å². The fraction of sp³-hybridized carbons (Fsp3) is 0.286. The summed E-state index contributed by atoms with van der Waals surface area (Å²) in [5.41, 5.74) is 2.69. The molecule has 1 aliphatic carbocycles. The molecule has 144 valence electrons. The molecule has 0 bridgehead atoms. The monoisotopic (exact) mass is 396 g/mol. The van der Waals surface area contributed by atoms with E-state index >= 15 is 0 Å². The van der Waals surface area contributed by atoms with Crippen LogP contribution in [0.2, 0.25) is 0 Å². The predicted octanol–water partition coefficient (Wildman–Crippen LogP) is 4.14. The summed E-state index contributed by atoms with van der Waals surface area (Å²) >= 11 is 1.34. The van der Waals surface area contributed by atoms with Crippen LogP contribution in [0.1, 0.15) is 30.0 Å². The maximum atomic E-state index is 14.2. The lowest BCUT2D eigenvalue weighted by molar-refractivity contribution is -0.118. The van der Waals surface area contributed by atoms with Gasteiger partial charge in [0.1, 0.15) is 5.82 Å². The minimum atomic E-state index is -0.315. The van der Waals surface area contributed by atoms with E-state index in [1.807, 2.05) is 35.8 Å². The molecule has 1 heterocycles. The van der Waals surface area contributed by atoms with Crippen LogP contribution in [0.25, 0.3) is 11.4 Å². The van der Waals surface area contributed by atoms with E-state index in [0.717, 1.165) is 24.0 Å². The average molecular weight is 396 g/mol. The molecule has 1 amide bonds. The van der Waals surface area contributed by atoms with Gasteiger partial charge in [-0.1, -0.05) is 48.2 Å². The van der Waals surface area contributed by atoms with Crippen LogP contribution in [0, 0.1) is 12.7 Å². The first-order chi connectivity index (χ1) is 13.6. The van der Waals surface area contributed by atoms with E-state index in [1.165, 1.54) is 17.8 Å². The van der Waals surface area contributed by atoms with E-state index < -0.39 is 0 Å². The quantitative estimate of drug-likeness (QED) is 0.610. The SMILES string of the molecule is Cc1ccccc1CNC(=O)CSc1nnc(-c2ccccc2F)n1C1CC1. The van der Waals surface area contributed by atoms with Crippen molar-refractivity contribution in [3.8, 4) is 11.4 Å². The van der Waals surface area contributed by atoms with Crippen LogP contribution < -0.4 is 5.32 Å². The number of aryl methyl sites for hydroxylation is 1. The summed E-state index contributed by atoms with van der Waals surface area (Å²) in [6.07, 6.45) is 2.04. The molecule has 3 aromatic rings. The molecule has 0 aliphatic heterocycles. The van der Waals surface area contributed by atoms with Crippen LogP contribution in [0.5, 0.6) is 0 Å². The van der Waals surface area contributed by atoms with Crippen LogP contribution in [0.4, 0.5) is 4.39 Å². The van der Waals surface area contributed by atoms with Crippen LogP contribution >= 0.6 is 11.8 Å². The number of hydrogen-bond donors (Lipinski definition) is 1. The predicted molar refractivity (Wildman–Crippen MR) is 107 cm³/mol. The fourth-order valence-corrected chi connectivity index (χ4v) is 3.88. The van der Waals surface area contributed by atoms with Gasteiger partial charge in [-0.25, -0.2) is 4.39 Å². The first-order valence-electron chi connectivity index (χ1n) is 9.27. The molecule has 28 heavy (non-hydrogen) atoms. The number of benzene rings is 2. The van der Waals surface area contributed by atoms with Crippen molar-refractivity contribution in [3.05, 3.63) is 65.5 Å². The van der Waals surface area contributed by atoms with Crippen molar-refractivity contribution in [2.75, 3.05) is 5.75 Å². The van der Waals surface area contributed by atoms with Gasteiger partial charge in [0.05, 0.1) is 11.3 Å². The molecule has 1 N–H and O–H groups in total. The van der Waals surface area contributed by atoms with E-state index in [1.54, 1.807) is 18.2 Å². The number of halogens is 1. The van der Waals surface area contributed by atoms with E-state index in [0.29, 0.717) is 23.1 Å². The highest BCUT2D eigenvalue weighted by molar-refractivity contribution is 7.99. The molecule has 7 heteroatoms. The third-order valence-electron chi connectivity index (χ3n) is 4.76. The Kier molecular flexibility index (Phi) is 5.43. The Morgan fingerprint density at radius 2 is 1.93 bits per heavy atom. The van der Waals surface area contributed by atoms with Gasteiger partial charge in [0.25, 0.3) is 0 Å². The molecular formula is C21H21FN4OS. The number of thioether (sulfide) groups is 1. The molecule has 1 aromatic heterocycles. The standard InChI is InChI=1S/C21H21FN4OS/c1-14-6-2-3-7-15(14)12-23-19(27)13-28-21-25-24-20(26(21)16-10-11-16)17-8-4-5-9-18(17)22/h2-9,16H,10-13H2,1H3,(H,23,27). The molecule has 2 aromatic carbocycles. The highest BCUT2D eigenvalue weighted by Gasteiger charge is 2.31. The number of nitrogens with zero attached hydrogens (tertiary/aromatic N) is 3. The lowest BCUT2D eigenvalue weighted by Crippen LogP contribution is -2.25. The van der Waals surface area contributed by atoms with Crippen molar-refractivity contribution in [2.45, 2.75) is 37.5 Å². The van der Waals surface area contributed by atoms with Crippen molar-refractivity contribution in [1.82, 2.24) is 20.1 Å². The number of rotatable bonds is 7. The summed E-state index contributed by atoms with van der Waals surface area (Å²) in [4.78, 5) is 12.3. The van der Waals surface area contributed by atoms with Gasteiger partial charge in [0.2, 0.25) is 5.91 Å². The molecule has 0 spiro atoms. The fourth-order valence-electron chi connectivity index (χ4n) is 3.05. The second-order valence-corrected chi connectivity index (χ2v) is 7.82. The largest absolute Gasteiger partial charge is 0.351 e. The first kappa shape index (κ1) is 18.7. The lowest BCUT2D eigenvalue weighted by Gasteiger charge is -2.10. The van der Waals surface area contributed by atoms with Crippen LogP contribution in [-0.4, -0.2) is 26.4 Å². The maximum Gasteiger partial charge on any atom is 0.230 e. The molecular weight excluding hydrogens is 375 g/mol. The summed E-state index contributed by atoms with van der Waals surface area (Å²) in [6.45, 7) is 2.53. The zero-order valence-corrected chi connectivity index (χ0v) is 16.4. The third kappa shape index (κ3) is 4.09. The van der Waals surface area contributed by atoms with Crippen molar-refractivity contribution in [1.29, 1.82) is 0 Å². The Morgan fingerprint density at radius 3 is 2.68 bits per heavy atom. The smallest absolute Gasteiger partial charge is 0.230 e. The lowest BCUT2D eigenvalue weighted by atomic mass is 10.1. The molecule has 1 fully saturated rings. The van der Waals surface area contributed by atoms with Crippen molar-refractivity contribution in [3.63, 3.8) is 0 Å². The second-order valence-electron chi connectivity index (χ2n) is 6.88. The summed E-state index contributed by atoms with van der Waals surface area (Å²) in [6, 6.07) is 14.8. The van der Waals surface area contributed by atoms with Crippen LogP contribution in [0.3, 0.4) is 0 Å². The van der Waals surface area contributed by atoms with Gasteiger partial charge in [-0.05, 0) is 43.0 Å². The summed E-state index contributed by atoms with van der Waals surface area (Å²) in [7, 11) is 0. The highest BCUT2D eigenvalue weighted by Crippen LogP contribution is 2.41. The number of amides is 1. The number of carbonyl (C=O) groups excluding carboxylic acids is 1. The van der Waals surface area contributed by atoms with Gasteiger partial charge in [-0.15, -0.1) is 10.2 Å². The Labute approximate surface area is 167 Å². The van der Waals surface area contributed by atoms with E-state index in [9.17, 15) is 9.18 Å². The molecule has 0 radical (unpaired) electrons. The molecule has 1 aliphatic rings. The van der Waals surface area contributed by atoms with Gasteiger partial charge in [0, 0.05) is 12.6 Å². The van der Waals surface area contributed by atoms with Crippen molar-refractivity contribution < 1.29 is 9.18 Å².